The molecule has 1 aromatic heterocycles. The molecule has 2 heterocycles. The van der Waals surface area contributed by atoms with E-state index in [9.17, 15) is 0 Å². The Kier molecular flexibility index (Phi) is 3.81. The summed E-state index contributed by atoms with van der Waals surface area (Å²) in [6.45, 7) is 2.34. The fraction of sp³-hybridized carbons (Fsp3) is 0.400. The van der Waals surface area contributed by atoms with Crippen molar-refractivity contribution in [2.75, 3.05) is 32.1 Å². The molecular formula is C15H19BrN4. The molecular weight excluding hydrogens is 316 g/mol. The molecule has 4 nitrogen and oxygen atoms in total. The van der Waals surface area contributed by atoms with E-state index < -0.39 is 0 Å². The molecule has 106 valence electrons. The van der Waals surface area contributed by atoms with Gasteiger partial charge in [-0.25, -0.2) is 4.98 Å². The fourth-order valence-electron chi connectivity index (χ4n) is 2.74. The molecule has 1 aliphatic heterocycles. The summed E-state index contributed by atoms with van der Waals surface area (Å²) in [5.74, 6) is 0. The minimum Gasteiger partial charge on any atom is -0.370 e. The monoisotopic (exact) mass is 334 g/mol. The van der Waals surface area contributed by atoms with Crippen LogP contribution in [0, 0.1) is 0 Å². The summed E-state index contributed by atoms with van der Waals surface area (Å²) in [7, 11) is 4.38. The number of aromatic nitrogens is 2. The molecule has 20 heavy (non-hydrogen) atoms. The minimum absolute atomic E-state index is 0.619. The Morgan fingerprint density at radius 1 is 1.30 bits per heavy atom. The van der Waals surface area contributed by atoms with Crippen molar-refractivity contribution in [2.45, 2.75) is 12.5 Å². The van der Waals surface area contributed by atoms with Gasteiger partial charge in [-0.3, -0.25) is 0 Å². The molecule has 0 radical (unpaired) electrons. The molecule has 0 saturated carbocycles. The van der Waals surface area contributed by atoms with E-state index in [0.717, 1.165) is 16.8 Å². The lowest BCUT2D eigenvalue weighted by Crippen LogP contribution is -2.33. The van der Waals surface area contributed by atoms with E-state index >= 15 is 0 Å². The van der Waals surface area contributed by atoms with Gasteiger partial charge in [-0.1, -0.05) is 0 Å². The van der Waals surface area contributed by atoms with Crippen LogP contribution in [0.15, 0.2) is 41.4 Å². The second-order valence-corrected chi connectivity index (χ2v) is 6.25. The third-order valence-electron chi connectivity index (χ3n) is 4.02. The van der Waals surface area contributed by atoms with E-state index in [0.29, 0.717) is 6.04 Å². The molecule has 5 heteroatoms. The molecule has 2 aromatic rings. The predicted octanol–water partition coefficient (Wildman–Crippen LogP) is 2.78. The second-order valence-electron chi connectivity index (χ2n) is 5.44. The SMILES string of the molecule is CN1CC[C@@H](N(C)c2ccc(-n3cnc(Br)c3)cc2)C1. The number of halogens is 1. The van der Waals surface area contributed by atoms with Crippen LogP contribution in [-0.2, 0) is 0 Å². The smallest absolute Gasteiger partial charge is 0.124 e. The molecule has 1 atom stereocenters. The van der Waals surface area contributed by atoms with Crippen LogP contribution in [0.5, 0.6) is 0 Å². The van der Waals surface area contributed by atoms with E-state index in [2.05, 4.69) is 69.1 Å². The highest BCUT2D eigenvalue weighted by atomic mass is 79.9. The van der Waals surface area contributed by atoms with Crippen molar-refractivity contribution in [3.63, 3.8) is 0 Å². The number of anilines is 1. The topological polar surface area (TPSA) is 24.3 Å². The molecule has 0 bridgehead atoms. The van der Waals surface area contributed by atoms with Gasteiger partial charge >= 0.3 is 0 Å². The number of likely N-dealkylation sites (tertiary alicyclic amines) is 1. The summed E-state index contributed by atoms with van der Waals surface area (Å²) >= 11 is 3.37. The van der Waals surface area contributed by atoms with Crippen molar-refractivity contribution in [2.24, 2.45) is 0 Å². The maximum Gasteiger partial charge on any atom is 0.124 e. The van der Waals surface area contributed by atoms with Crippen LogP contribution in [0.1, 0.15) is 6.42 Å². The summed E-state index contributed by atoms with van der Waals surface area (Å²) in [6.07, 6.45) is 5.02. The van der Waals surface area contributed by atoms with E-state index in [1.807, 2.05) is 17.1 Å². The number of imidazole rings is 1. The van der Waals surface area contributed by atoms with Crippen molar-refractivity contribution in [3.8, 4) is 5.69 Å². The maximum absolute atomic E-state index is 4.19. The van der Waals surface area contributed by atoms with Crippen LogP contribution < -0.4 is 4.90 Å². The zero-order chi connectivity index (χ0) is 14.1. The highest BCUT2D eigenvalue weighted by Gasteiger charge is 2.23. The highest BCUT2D eigenvalue weighted by molar-refractivity contribution is 9.10. The largest absolute Gasteiger partial charge is 0.370 e. The van der Waals surface area contributed by atoms with Gasteiger partial charge in [0.05, 0.1) is 0 Å². The van der Waals surface area contributed by atoms with Gasteiger partial charge in [0, 0.05) is 37.2 Å². The number of nitrogens with zero attached hydrogens (tertiary/aromatic N) is 4. The molecule has 1 aromatic carbocycles. The Balaban J connectivity index is 1.75. The van der Waals surface area contributed by atoms with Gasteiger partial charge in [-0.05, 0) is 60.2 Å². The van der Waals surface area contributed by atoms with Gasteiger partial charge in [-0.2, -0.15) is 0 Å². The number of rotatable bonds is 3. The van der Waals surface area contributed by atoms with Crippen molar-refractivity contribution >= 4 is 21.6 Å². The van der Waals surface area contributed by atoms with Crippen LogP contribution >= 0.6 is 15.9 Å². The van der Waals surface area contributed by atoms with Crippen LogP contribution in [0.3, 0.4) is 0 Å². The Morgan fingerprint density at radius 2 is 2.05 bits per heavy atom. The van der Waals surface area contributed by atoms with Gasteiger partial charge < -0.3 is 14.4 Å². The van der Waals surface area contributed by atoms with Crippen LogP contribution in [0.2, 0.25) is 0 Å². The first-order chi connectivity index (χ1) is 9.63. The average molecular weight is 335 g/mol. The second kappa shape index (κ2) is 5.58. The lowest BCUT2D eigenvalue weighted by Gasteiger charge is -2.26. The summed E-state index contributed by atoms with van der Waals surface area (Å²) in [5.41, 5.74) is 2.40. The van der Waals surface area contributed by atoms with E-state index in [4.69, 9.17) is 0 Å². The first-order valence-corrected chi connectivity index (χ1v) is 7.64. The molecule has 0 amide bonds. The van der Waals surface area contributed by atoms with E-state index in [1.165, 1.54) is 18.7 Å². The maximum atomic E-state index is 4.19. The highest BCUT2D eigenvalue weighted by Crippen LogP contribution is 2.22. The Hall–Kier alpha value is -1.33. The lowest BCUT2D eigenvalue weighted by molar-refractivity contribution is 0.409. The van der Waals surface area contributed by atoms with Gasteiger partial charge in [0.15, 0.2) is 0 Å². The zero-order valence-corrected chi connectivity index (χ0v) is 13.4. The van der Waals surface area contributed by atoms with Crippen molar-refractivity contribution in [3.05, 3.63) is 41.4 Å². The number of hydrogen-bond donors (Lipinski definition) is 0. The van der Waals surface area contributed by atoms with Gasteiger partial charge in [0.25, 0.3) is 0 Å². The first-order valence-electron chi connectivity index (χ1n) is 6.85. The van der Waals surface area contributed by atoms with Crippen LogP contribution in [0.25, 0.3) is 5.69 Å². The van der Waals surface area contributed by atoms with E-state index in [-0.39, 0.29) is 0 Å². The molecule has 0 unspecified atom stereocenters. The van der Waals surface area contributed by atoms with Crippen molar-refractivity contribution in [1.82, 2.24) is 14.5 Å². The molecule has 0 aliphatic carbocycles. The van der Waals surface area contributed by atoms with Crippen molar-refractivity contribution in [1.29, 1.82) is 0 Å². The molecule has 1 fully saturated rings. The molecule has 1 saturated heterocycles. The Bertz CT molecular complexity index is 578. The third kappa shape index (κ3) is 2.74. The normalized spacial score (nSPS) is 19.4. The molecule has 3 rings (SSSR count). The third-order valence-corrected chi connectivity index (χ3v) is 4.43. The Morgan fingerprint density at radius 3 is 2.60 bits per heavy atom. The molecule has 1 aliphatic rings. The fourth-order valence-corrected chi connectivity index (χ4v) is 3.05. The summed E-state index contributed by atoms with van der Waals surface area (Å²) in [5, 5.41) is 0. The van der Waals surface area contributed by atoms with Crippen molar-refractivity contribution < 1.29 is 0 Å². The Labute approximate surface area is 128 Å². The average Bonchev–Trinajstić information content (AvgIpc) is 3.07. The summed E-state index contributed by atoms with van der Waals surface area (Å²) in [4.78, 5) is 8.96. The van der Waals surface area contributed by atoms with Gasteiger partial charge in [0.1, 0.15) is 10.9 Å². The minimum atomic E-state index is 0.619. The van der Waals surface area contributed by atoms with E-state index in [1.54, 1.807) is 0 Å². The first kappa shape index (κ1) is 13.6. The van der Waals surface area contributed by atoms with Gasteiger partial charge in [0.2, 0.25) is 0 Å². The summed E-state index contributed by atoms with van der Waals surface area (Å²) in [6, 6.07) is 9.26. The summed E-state index contributed by atoms with van der Waals surface area (Å²) < 4.78 is 2.87. The van der Waals surface area contributed by atoms with Gasteiger partial charge in [-0.15, -0.1) is 0 Å². The zero-order valence-electron chi connectivity index (χ0n) is 11.8. The number of hydrogen-bond acceptors (Lipinski definition) is 3. The standard InChI is InChI=1S/C15H19BrN4/c1-18-8-7-14(9-18)19(2)12-3-5-13(6-4-12)20-10-15(16)17-11-20/h3-6,10-11,14H,7-9H2,1-2H3/t14-/m1/s1. The molecule has 0 spiro atoms. The quantitative estimate of drug-likeness (QED) is 0.862. The number of likely N-dealkylation sites (N-methyl/N-ethyl adjacent to an activating group) is 2. The lowest BCUT2D eigenvalue weighted by atomic mass is 10.2. The van der Waals surface area contributed by atoms with Crippen LogP contribution in [0.4, 0.5) is 5.69 Å². The molecule has 0 N–H and O–H groups in total. The predicted molar refractivity (Wildman–Crippen MR) is 85.6 cm³/mol. The number of benzene rings is 1. The van der Waals surface area contributed by atoms with Crippen LogP contribution in [-0.4, -0.2) is 47.7 Å².